The Morgan fingerprint density at radius 2 is 1.89 bits per heavy atom. The van der Waals surface area contributed by atoms with Gasteiger partial charge in [-0.15, -0.1) is 0 Å². The van der Waals surface area contributed by atoms with Crippen molar-refractivity contribution in [1.29, 1.82) is 0 Å². The highest BCUT2D eigenvalue weighted by atomic mass is 16.5. The summed E-state index contributed by atoms with van der Waals surface area (Å²) >= 11 is 0. The highest BCUT2D eigenvalue weighted by molar-refractivity contribution is 5.46. The molecule has 1 aromatic heterocycles. The van der Waals surface area contributed by atoms with Crippen molar-refractivity contribution in [3.63, 3.8) is 0 Å². The third-order valence-electron chi connectivity index (χ3n) is 3.01. The summed E-state index contributed by atoms with van der Waals surface area (Å²) in [6.07, 6.45) is 1.64. The first-order valence-corrected chi connectivity index (χ1v) is 5.69. The summed E-state index contributed by atoms with van der Waals surface area (Å²) in [5, 5.41) is 0. The minimum Gasteiger partial charge on any atom is -0.497 e. The molecule has 96 valence electrons. The van der Waals surface area contributed by atoms with Gasteiger partial charge in [-0.25, -0.2) is 0 Å². The predicted octanol–water partition coefficient (Wildman–Crippen LogP) is 2.65. The van der Waals surface area contributed by atoms with Crippen molar-refractivity contribution in [2.24, 2.45) is 5.73 Å². The smallest absolute Gasteiger partial charge is 0.124 e. The number of ether oxygens (including phenoxy) is 2. The number of aryl methyl sites for hydroxylation is 1. The van der Waals surface area contributed by atoms with Gasteiger partial charge in [-0.3, -0.25) is 0 Å². The summed E-state index contributed by atoms with van der Waals surface area (Å²) < 4.78 is 15.8. The number of methoxy groups -OCH3 is 2. The summed E-state index contributed by atoms with van der Waals surface area (Å²) in [4.78, 5) is 0. The molecule has 1 unspecified atom stereocenters. The Bertz CT molecular complexity index is 534. The molecule has 0 aliphatic heterocycles. The lowest BCUT2D eigenvalue weighted by Crippen LogP contribution is -2.13. The zero-order chi connectivity index (χ0) is 13.1. The molecule has 0 spiro atoms. The summed E-state index contributed by atoms with van der Waals surface area (Å²) in [5.74, 6) is 2.30. The van der Waals surface area contributed by atoms with Crippen molar-refractivity contribution in [3.8, 4) is 11.5 Å². The minimum atomic E-state index is -0.297. The van der Waals surface area contributed by atoms with Gasteiger partial charge >= 0.3 is 0 Å². The third kappa shape index (κ3) is 2.19. The van der Waals surface area contributed by atoms with Gasteiger partial charge in [0.1, 0.15) is 17.3 Å². The highest BCUT2D eigenvalue weighted by Crippen LogP contribution is 2.33. The lowest BCUT2D eigenvalue weighted by atomic mass is 9.99. The molecule has 2 aromatic rings. The SMILES string of the molecule is COc1ccc(OC)c(C(N)c2ccoc2C)c1. The molecule has 1 atom stereocenters. The van der Waals surface area contributed by atoms with Gasteiger partial charge < -0.3 is 19.6 Å². The highest BCUT2D eigenvalue weighted by Gasteiger charge is 2.18. The molecule has 4 nitrogen and oxygen atoms in total. The zero-order valence-corrected chi connectivity index (χ0v) is 10.8. The average Bonchev–Trinajstić information content (AvgIpc) is 2.83. The second-order valence-electron chi connectivity index (χ2n) is 4.02. The van der Waals surface area contributed by atoms with E-state index in [1.807, 2.05) is 31.2 Å². The lowest BCUT2D eigenvalue weighted by Gasteiger charge is -2.16. The Morgan fingerprint density at radius 3 is 2.44 bits per heavy atom. The molecule has 2 N–H and O–H groups in total. The first kappa shape index (κ1) is 12.5. The first-order valence-electron chi connectivity index (χ1n) is 5.69. The number of hydrogen-bond acceptors (Lipinski definition) is 4. The molecule has 4 heteroatoms. The van der Waals surface area contributed by atoms with Crippen LogP contribution in [0.4, 0.5) is 0 Å². The van der Waals surface area contributed by atoms with E-state index in [4.69, 9.17) is 19.6 Å². The molecule has 18 heavy (non-hydrogen) atoms. The number of nitrogens with two attached hydrogens (primary N) is 1. The van der Waals surface area contributed by atoms with Crippen molar-refractivity contribution < 1.29 is 13.9 Å². The van der Waals surface area contributed by atoms with Crippen molar-refractivity contribution in [1.82, 2.24) is 0 Å². The van der Waals surface area contributed by atoms with Gasteiger partial charge in [0.25, 0.3) is 0 Å². The first-order chi connectivity index (χ1) is 8.67. The van der Waals surface area contributed by atoms with E-state index < -0.39 is 0 Å². The number of benzene rings is 1. The zero-order valence-electron chi connectivity index (χ0n) is 10.8. The topological polar surface area (TPSA) is 57.6 Å². The van der Waals surface area contributed by atoms with Gasteiger partial charge in [0.2, 0.25) is 0 Å². The van der Waals surface area contributed by atoms with Gasteiger partial charge in [0, 0.05) is 11.1 Å². The van der Waals surface area contributed by atoms with Crippen LogP contribution in [0.2, 0.25) is 0 Å². The Hall–Kier alpha value is -1.94. The van der Waals surface area contributed by atoms with Crippen LogP contribution >= 0.6 is 0 Å². The van der Waals surface area contributed by atoms with Gasteiger partial charge in [-0.1, -0.05) is 0 Å². The number of furan rings is 1. The Kier molecular flexibility index (Phi) is 3.58. The van der Waals surface area contributed by atoms with E-state index >= 15 is 0 Å². The van der Waals surface area contributed by atoms with Gasteiger partial charge in [-0.2, -0.15) is 0 Å². The van der Waals surface area contributed by atoms with Crippen molar-refractivity contribution in [2.45, 2.75) is 13.0 Å². The molecule has 0 radical (unpaired) electrons. The quantitative estimate of drug-likeness (QED) is 0.902. The monoisotopic (exact) mass is 247 g/mol. The van der Waals surface area contributed by atoms with Crippen LogP contribution in [0.3, 0.4) is 0 Å². The Labute approximate surface area is 106 Å². The van der Waals surface area contributed by atoms with Crippen LogP contribution in [0, 0.1) is 6.92 Å². The van der Waals surface area contributed by atoms with E-state index in [0.29, 0.717) is 0 Å². The van der Waals surface area contributed by atoms with E-state index in [1.54, 1.807) is 20.5 Å². The largest absolute Gasteiger partial charge is 0.497 e. The van der Waals surface area contributed by atoms with Gasteiger partial charge in [0.05, 0.1) is 26.5 Å². The average molecular weight is 247 g/mol. The van der Waals surface area contributed by atoms with E-state index in [0.717, 1.165) is 28.4 Å². The molecule has 1 aromatic carbocycles. The summed E-state index contributed by atoms with van der Waals surface area (Å²) in [6, 6.07) is 7.16. The second-order valence-corrected chi connectivity index (χ2v) is 4.02. The molecule has 0 amide bonds. The molecule has 1 heterocycles. The standard InChI is InChI=1S/C14H17NO3/c1-9-11(6-7-18-9)14(15)12-8-10(16-2)4-5-13(12)17-3/h4-8,14H,15H2,1-3H3. The summed E-state index contributed by atoms with van der Waals surface area (Å²) in [5.41, 5.74) is 8.09. The summed E-state index contributed by atoms with van der Waals surface area (Å²) in [6.45, 7) is 1.89. The fourth-order valence-corrected chi connectivity index (χ4v) is 1.97. The minimum absolute atomic E-state index is 0.297. The van der Waals surface area contributed by atoms with Crippen molar-refractivity contribution in [2.75, 3.05) is 14.2 Å². The molecule has 0 fully saturated rings. The van der Waals surface area contributed by atoms with Crippen LogP contribution in [0.5, 0.6) is 11.5 Å². The van der Waals surface area contributed by atoms with E-state index in [2.05, 4.69) is 0 Å². The number of hydrogen-bond donors (Lipinski definition) is 1. The fraction of sp³-hybridized carbons (Fsp3) is 0.286. The Morgan fingerprint density at radius 1 is 1.11 bits per heavy atom. The van der Waals surface area contributed by atoms with Crippen LogP contribution in [0.15, 0.2) is 34.9 Å². The summed E-state index contributed by atoms with van der Waals surface area (Å²) in [7, 11) is 3.25. The van der Waals surface area contributed by atoms with Crippen molar-refractivity contribution in [3.05, 3.63) is 47.4 Å². The van der Waals surface area contributed by atoms with Crippen LogP contribution in [-0.2, 0) is 0 Å². The molecular weight excluding hydrogens is 230 g/mol. The van der Waals surface area contributed by atoms with Gasteiger partial charge in [-0.05, 0) is 31.2 Å². The predicted molar refractivity (Wildman–Crippen MR) is 69.0 cm³/mol. The maximum Gasteiger partial charge on any atom is 0.124 e. The third-order valence-corrected chi connectivity index (χ3v) is 3.01. The molecule has 0 bridgehead atoms. The van der Waals surface area contributed by atoms with Crippen LogP contribution < -0.4 is 15.2 Å². The lowest BCUT2D eigenvalue weighted by molar-refractivity contribution is 0.397. The van der Waals surface area contributed by atoms with E-state index in [-0.39, 0.29) is 6.04 Å². The molecule has 0 aliphatic rings. The number of rotatable bonds is 4. The van der Waals surface area contributed by atoms with Gasteiger partial charge in [0.15, 0.2) is 0 Å². The molecule has 2 rings (SSSR count). The fourth-order valence-electron chi connectivity index (χ4n) is 1.97. The van der Waals surface area contributed by atoms with E-state index in [9.17, 15) is 0 Å². The van der Waals surface area contributed by atoms with E-state index in [1.165, 1.54) is 0 Å². The molecule has 0 aliphatic carbocycles. The maximum absolute atomic E-state index is 6.27. The second kappa shape index (κ2) is 5.14. The maximum atomic E-state index is 6.27. The Balaban J connectivity index is 2.45. The molecule has 0 saturated heterocycles. The van der Waals surface area contributed by atoms with Crippen LogP contribution in [-0.4, -0.2) is 14.2 Å². The molecule has 0 saturated carbocycles. The molecular formula is C14H17NO3. The normalized spacial score (nSPS) is 12.2. The van der Waals surface area contributed by atoms with Crippen LogP contribution in [0.25, 0.3) is 0 Å². The van der Waals surface area contributed by atoms with Crippen molar-refractivity contribution >= 4 is 0 Å². The van der Waals surface area contributed by atoms with Crippen LogP contribution in [0.1, 0.15) is 22.9 Å².